The van der Waals surface area contributed by atoms with Gasteiger partial charge in [0.1, 0.15) is 10.6 Å². The number of benzene rings is 1. The second kappa shape index (κ2) is 6.02. The van der Waals surface area contributed by atoms with Crippen molar-refractivity contribution in [1.82, 2.24) is 4.72 Å². The third-order valence-corrected chi connectivity index (χ3v) is 3.61. The van der Waals surface area contributed by atoms with E-state index in [2.05, 4.69) is 4.72 Å². The lowest BCUT2D eigenvalue weighted by Crippen LogP contribution is -2.25. The van der Waals surface area contributed by atoms with Gasteiger partial charge in [-0.25, -0.2) is 13.1 Å². The Morgan fingerprint density at radius 2 is 2.12 bits per heavy atom. The lowest BCUT2D eigenvalue weighted by Gasteiger charge is -2.12. The van der Waals surface area contributed by atoms with Crippen LogP contribution < -0.4 is 9.46 Å². The number of hydrogen-bond acceptors (Lipinski definition) is 3. The predicted molar refractivity (Wildman–Crippen MR) is 67.5 cm³/mol. The van der Waals surface area contributed by atoms with Gasteiger partial charge in [-0.1, -0.05) is 13.0 Å². The molecule has 95 valence electrons. The molecule has 5 heteroatoms. The minimum atomic E-state index is -3.50. The summed E-state index contributed by atoms with van der Waals surface area (Å²) >= 11 is 0. The summed E-state index contributed by atoms with van der Waals surface area (Å²) in [4.78, 5) is 0.196. The highest BCUT2D eigenvalue weighted by atomic mass is 32.2. The van der Waals surface area contributed by atoms with Crippen LogP contribution in [0.25, 0.3) is 0 Å². The third-order valence-electron chi connectivity index (χ3n) is 2.17. The Morgan fingerprint density at radius 3 is 2.71 bits per heavy atom. The third kappa shape index (κ3) is 3.71. The molecule has 4 nitrogen and oxygen atoms in total. The molecule has 1 aromatic carbocycles. The van der Waals surface area contributed by atoms with Gasteiger partial charge in [-0.2, -0.15) is 0 Å². The van der Waals surface area contributed by atoms with Crippen LogP contribution in [-0.4, -0.2) is 21.6 Å². The average molecular weight is 256 g/mol. The molecule has 0 atom stereocenters. The molecule has 0 bridgehead atoms. The van der Waals surface area contributed by atoms with Gasteiger partial charge in [0.05, 0.1) is 6.61 Å². The van der Waals surface area contributed by atoms with Crippen molar-refractivity contribution in [2.24, 2.45) is 0 Å². The highest BCUT2D eigenvalue weighted by Gasteiger charge is 2.18. The molecule has 1 aromatic rings. The molecule has 0 heterocycles. The molecule has 0 aromatic heterocycles. The first-order chi connectivity index (χ1) is 8.01. The summed E-state index contributed by atoms with van der Waals surface area (Å²) in [6, 6.07) is 5.13. The Kier molecular flexibility index (Phi) is 4.96. The van der Waals surface area contributed by atoms with Gasteiger partial charge in [0.25, 0.3) is 0 Å². The molecule has 0 saturated carbocycles. The van der Waals surface area contributed by atoms with Crippen LogP contribution in [0.2, 0.25) is 0 Å². The Balaban J connectivity index is 3.13. The molecule has 17 heavy (non-hydrogen) atoms. The van der Waals surface area contributed by atoms with Crippen molar-refractivity contribution in [3.05, 3.63) is 30.2 Å². The van der Waals surface area contributed by atoms with Crippen LogP contribution in [0.15, 0.2) is 23.1 Å². The minimum Gasteiger partial charge on any atom is -0.492 e. The zero-order chi connectivity index (χ0) is 12.9. The molecule has 0 aliphatic carbocycles. The van der Waals surface area contributed by atoms with E-state index in [4.69, 9.17) is 4.74 Å². The molecule has 1 rings (SSSR count). The van der Waals surface area contributed by atoms with Gasteiger partial charge in [0.2, 0.25) is 10.0 Å². The molecule has 1 radical (unpaired) electrons. The molecule has 1 N–H and O–H groups in total. The molecule has 0 fully saturated rings. The molecule has 0 aliphatic rings. The van der Waals surface area contributed by atoms with Crippen LogP contribution in [0.5, 0.6) is 5.75 Å². The first kappa shape index (κ1) is 14.0. The van der Waals surface area contributed by atoms with E-state index in [0.29, 0.717) is 18.9 Å². The van der Waals surface area contributed by atoms with Crippen molar-refractivity contribution >= 4 is 10.0 Å². The second-order valence-corrected chi connectivity index (χ2v) is 5.38. The van der Waals surface area contributed by atoms with Crippen molar-refractivity contribution in [2.75, 3.05) is 13.2 Å². The van der Waals surface area contributed by atoms with E-state index in [-0.39, 0.29) is 4.90 Å². The van der Waals surface area contributed by atoms with Gasteiger partial charge in [-0.05, 0) is 38.0 Å². The first-order valence-corrected chi connectivity index (χ1v) is 7.00. The number of ether oxygens (including phenoxy) is 1. The van der Waals surface area contributed by atoms with Crippen LogP contribution in [0.1, 0.15) is 19.4 Å². The molecular formula is C12H18NO3S. The van der Waals surface area contributed by atoms with Crippen molar-refractivity contribution in [3.8, 4) is 5.75 Å². The van der Waals surface area contributed by atoms with Crippen molar-refractivity contribution in [2.45, 2.75) is 25.7 Å². The highest BCUT2D eigenvalue weighted by molar-refractivity contribution is 7.89. The maximum absolute atomic E-state index is 12.0. The zero-order valence-corrected chi connectivity index (χ0v) is 11.2. The van der Waals surface area contributed by atoms with Crippen LogP contribution in [0.4, 0.5) is 0 Å². The minimum absolute atomic E-state index is 0.196. The lowest BCUT2D eigenvalue weighted by atomic mass is 10.2. The second-order valence-electron chi connectivity index (χ2n) is 3.64. The van der Waals surface area contributed by atoms with E-state index in [1.54, 1.807) is 25.5 Å². The molecular weight excluding hydrogens is 238 g/mol. The fraction of sp³-hybridized carbons (Fsp3) is 0.417. The van der Waals surface area contributed by atoms with Crippen molar-refractivity contribution in [3.63, 3.8) is 0 Å². The summed E-state index contributed by atoms with van der Waals surface area (Å²) < 4.78 is 31.9. The van der Waals surface area contributed by atoms with Crippen LogP contribution in [0, 0.1) is 13.3 Å². The quantitative estimate of drug-likeness (QED) is 0.845. The summed E-state index contributed by atoms with van der Waals surface area (Å²) in [6.07, 6.45) is 1.74. The average Bonchev–Trinajstić information content (AvgIpc) is 2.29. The lowest BCUT2D eigenvalue weighted by molar-refractivity contribution is 0.331. The molecule has 0 unspecified atom stereocenters. The summed E-state index contributed by atoms with van der Waals surface area (Å²) in [5.41, 5.74) is 0.884. The Morgan fingerprint density at radius 1 is 1.41 bits per heavy atom. The normalized spacial score (nSPS) is 11.5. The summed E-state index contributed by atoms with van der Waals surface area (Å²) in [5.74, 6) is 0.390. The predicted octanol–water partition coefficient (Wildman–Crippen LogP) is 1.90. The number of hydrogen-bond donors (Lipinski definition) is 1. The number of rotatable bonds is 6. The van der Waals surface area contributed by atoms with E-state index in [1.165, 1.54) is 0 Å². The fourth-order valence-electron chi connectivity index (χ4n) is 1.37. The Bertz CT molecular complexity index is 469. The van der Waals surface area contributed by atoms with Gasteiger partial charge in [0.15, 0.2) is 0 Å². The van der Waals surface area contributed by atoms with E-state index in [1.807, 2.05) is 19.9 Å². The molecule has 0 spiro atoms. The van der Waals surface area contributed by atoms with Gasteiger partial charge in [-0.15, -0.1) is 0 Å². The highest BCUT2D eigenvalue weighted by Crippen LogP contribution is 2.24. The SMILES string of the molecule is C[CH]CNS(=O)(=O)c1cc(C)ccc1OCC. The summed E-state index contributed by atoms with van der Waals surface area (Å²) in [6.45, 7) is 6.21. The van der Waals surface area contributed by atoms with Crippen molar-refractivity contribution in [1.29, 1.82) is 0 Å². The van der Waals surface area contributed by atoms with E-state index >= 15 is 0 Å². The fourth-order valence-corrected chi connectivity index (χ4v) is 2.65. The van der Waals surface area contributed by atoms with E-state index < -0.39 is 10.0 Å². The largest absolute Gasteiger partial charge is 0.492 e. The number of aryl methyl sites for hydroxylation is 1. The smallest absolute Gasteiger partial charge is 0.244 e. The van der Waals surface area contributed by atoms with Gasteiger partial charge < -0.3 is 4.74 Å². The maximum Gasteiger partial charge on any atom is 0.244 e. The van der Waals surface area contributed by atoms with Crippen LogP contribution >= 0.6 is 0 Å². The van der Waals surface area contributed by atoms with E-state index in [0.717, 1.165) is 5.56 Å². The standard InChI is InChI=1S/C12H18NO3S/c1-4-8-13-17(14,15)12-9-10(3)6-7-11(12)16-5-2/h4,6-7,9,13H,5,8H2,1-3H3. The van der Waals surface area contributed by atoms with Gasteiger partial charge in [-0.3, -0.25) is 0 Å². The summed E-state index contributed by atoms with van der Waals surface area (Å²) in [5, 5.41) is 0. The Hall–Kier alpha value is -1.07. The maximum atomic E-state index is 12.0. The van der Waals surface area contributed by atoms with E-state index in [9.17, 15) is 8.42 Å². The monoisotopic (exact) mass is 256 g/mol. The van der Waals surface area contributed by atoms with Crippen LogP contribution in [-0.2, 0) is 10.0 Å². The first-order valence-electron chi connectivity index (χ1n) is 5.52. The van der Waals surface area contributed by atoms with Crippen LogP contribution in [0.3, 0.4) is 0 Å². The summed E-state index contributed by atoms with van der Waals surface area (Å²) in [7, 11) is -3.50. The zero-order valence-electron chi connectivity index (χ0n) is 10.4. The molecule has 0 aliphatic heterocycles. The molecule has 0 saturated heterocycles. The number of nitrogens with one attached hydrogen (secondary N) is 1. The van der Waals surface area contributed by atoms with Gasteiger partial charge in [0, 0.05) is 6.54 Å². The molecule has 0 amide bonds. The Labute approximate surface area is 103 Å². The number of sulfonamides is 1. The topological polar surface area (TPSA) is 55.4 Å². The van der Waals surface area contributed by atoms with Crippen molar-refractivity contribution < 1.29 is 13.2 Å². The van der Waals surface area contributed by atoms with Gasteiger partial charge >= 0.3 is 0 Å².